The van der Waals surface area contributed by atoms with Crippen molar-refractivity contribution in [3.05, 3.63) is 34.1 Å². The first-order valence-corrected chi connectivity index (χ1v) is 6.65. The number of benzene rings is 1. The van der Waals surface area contributed by atoms with Gasteiger partial charge in [-0.05, 0) is 26.0 Å². The molecule has 1 aliphatic heterocycles. The summed E-state index contributed by atoms with van der Waals surface area (Å²) in [6.45, 7) is 6.48. The fraction of sp³-hybridized carbons (Fsp3) is 0.538. The molecule has 1 saturated heterocycles. The molecular weight excluding hydrogens is 285 g/mol. The van der Waals surface area contributed by atoms with Crippen LogP contribution in [0.3, 0.4) is 0 Å². The van der Waals surface area contributed by atoms with Gasteiger partial charge in [0.15, 0.2) is 0 Å². The van der Waals surface area contributed by atoms with Crippen LogP contribution in [0, 0.1) is 5.82 Å². The third kappa shape index (κ3) is 3.50. The number of ether oxygens (including phenoxy) is 1. The SMILES string of the molecule is C[C@H]1CN(Cc2ccc(Br)cc2F)C[C@H](C)O1. The maximum absolute atomic E-state index is 13.7. The second kappa shape index (κ2) is 5.46. The van der Waals surface area contributed by atoms with Gasteiger partial charge in [-0.15, -0.1) is 0 Å². The van der Waals surface area contributed by atoms with Crippen molar-refractivity contribution in [2.45, 2.75) is 32.6 Å². The fourth-order valence-electron chi connectivity index (χ4n) is 2.30. The van der Waals surface area contributed by atoms with Gasteiger partial charge in [0.1, 0.15) is 5.82 Å². The predicted octanol–water partition coefficient (Wildman–Crippen LogP) is 3.20. The Labute approximate surface area is 110 Å². The van der Waals surface area contributed by atoms with Gasteiger partial charge in [-0.25, -0.2) is 4.39 Å². The smallest absolute Gasteiger partial charge is 0.128 e. The molecule has 1 aromatic rings. The van der Waals surface area contributed by atoms with E-state index in [1.54, 1.807) is 0 Å². The molecule has 0 unspecified atom stereocenters. The van der Waals surface area contributed by atoms with Gasteiger partial charge in [-0.3, -0.25) is 4.90 Å². The third-order valence-corrected chi connectivity index (χ3v) is 3.40. The molecule has 17 heavy (non-hydrogen) atoms. The molecule has 0 N–H and O–H groups in total. The van der Waals surface area contributed by atoms with Gasteiger partial charge in [0.05, 0.1) is 12.2 Å². The standard InChI is InChI=1S/C13H17BrFNO/c1-9-6-16(7-10(2)17-9)8-11-3-4-12(14)5-13(11)15/h3-5,9-10H,6-8H2,1-2H3/t9-,10-/m0/s1. The quantitative estimate of drug-likeness (QED) is 0.832. The molecule has 0 amide bonds. The van der Waals surface area contributed by atoms with Crippen LogP contribution in [0.15, 0.2) is 22.7 Å². The van der Waals surface area contributed by atoms with Crippen molar-refractivity contribution in [2.75, 3.05) is 13.1 Å². The molecule has 4 heteroatoms. The van der Waals surface area contributed by atoms with Crippen LogP contribution in [0.4, 0.5) is 4.39 Å². The summed E-state index contributed by atoms with van der Waals surface area (Å²) in [5.41, 5.74) is 0.745. The lowest BCUT2D eigenvalue weighted by molar-refractivity contribution is -0.0707. The topological polar surface area (TPSA) is 12.5 Å². The van der Waals surface area contributed by atoms with Gasteiger partial charge in [-0.1, -0.05) is 22.0 Å². The molecule has 0 saturated carbocycles. The number of hydrogen-bond acceptors (Lipinski definition) is 2. The lowest BCUT2D eigenvalue weighted by atomic mass is 10.1. The second-order valence-corrected chi connectivity index (χ2v) is 5.60. The summed E-state index contributed by atoms with van der Waals surface area (Å²) in [7, 11) is 0. The Morgan fingerprint density at radius 2 is 2.00 bits per heavy atom. The number of hydrogen-bond donors (Lipinski definition) is 0. The van der Waals surface area contributed by atoms with Gasteiger partial charge in [0.25, 0.3) is 0 Å². The zero-order valence-corrected chi connectivity index (χ0v) is 11.7. The summed E-state index contributed by atoms with van der Waals surface area (Å²) in [4.78, 5) is 2.24. The van der Waals surface area contributed by atoms with Gasteiger partial charge in [0, 0.05) is 29.7 Å². The van der Waals surface area contributed by atoms with E-state index < -0.39 is 0 Å². The van der Waals surface area contributed by atoms with Gasteiger partial charge in [-0.2, -0.15) is 0 Å². The van der Waals surface area contributed by atoms with E-state index in [0.29, 0.717) is 6.54 Å². The van der Waals surface area contributed by atoms with Crippen LogP contribution in [0.5, 0.6) is 0 Å². The Bertz CT molecular complexity index is 389. The van der Waals surface area contributed by atoms with Crippen LogP contribution >= 0.6 is 15.9 Å². The highest BCUT2D eigenvalue weighted by Crippen LogP contribution is 2.19. The Morgan fingerprint density at radius 1 is 1.35 bits per heavy atom. The fourth-order valence-corrected chi connectivity index (χ4v) is 2.64. The third-order valence-electron chi connectivity index (χ3n) is 2.90. The highest BCUT2D eigenvalue weighted by atomic mass is 79.9. The van der Waals surface area contributed by atoms with Crippen LogP contribution < -0.4 is 0 Å². The van der Waals surface area contributed by atoms with Crippen molar-refractivity contribution in [3.63, 3.8) is 0 Å². The molecule has 0 bridgehead atoms. The van der Waals surface area contributed by atoms with Crippen LogP contribution in [-0.2, 0) is 11.3 Å². The average molecular weight is 302 g/mol. The molecule has 0 radical (unpaired) electrons. The summed E-state index contributed by atoms with van der Waals surface area (Å²) in [5.74, 6) is -0.147. The van der Waals surface area contributed by atoms with E-state index in [2.05, 4.69) is 34.7 Å². The van der Waals surface area contributed by atoms with E-state index in [9.17, 15) is 4.39 Å². The van der Waals surface area contributed by atoms with Crippen molar-refractivity contribution in [2.24, 2.45) is 0 Å². The van der Waals surface area contributed by atoms with Crippen LogP contribution in [0.2, 0.25) is 0 Å². The minimum atomic E-state index is -0.147. The van der Waals surface area contributed by atoms with Gasteiger partial charge in [0.2, 0.25) is 0 Å². The van der Waals surface area contributed by atoms with Gasteiger partial charge >= 0.3 is 0 Å². The molecule has 0 aromatic heterocycles. The van der Waals surface area contributed by atoms with Crippen molar-refractivity contribution in [1.82, 2.24) is 4.90 Å². The Balaban J connectivity index is 2.04. The van der Waals surface area contributed by atoms with Crippen LogP contribution in [0.1, 0.15) is 19.4 Å². The maximum Gasteiger partial charge on any atom is 0.128 e. The van der Waals surface area contributed by atoms with E-state index in [4.69, 9.17) is 4.74 Å². The molecule has 2 atom stereocenters. The lowest BCUT2D eigenvalue weighted by Gasteiger charge is -2.35. The molecular formula is C13H17BrFNO. The second-order valence-electron chi connectivity index (χ2n) is 4.69. The first kappa shape index (κ1) is 13.0. The molecule has 94 valence electrons. The highest BCUT2D eigenvalue weighted by Gasteiger charge is 2.22. The Hall–Kier alpha value is -0.450. The summed E-state index contributed by atoms with van der Waals surface area (Å²) in [6, 6.07) is 5.23. The van der Waals surface area contributed by atoms with Gasteiger partial charge < -0.3 is 4.74 Å². The van der Waals surface area contributed by atoms with E-state index in [0.717, 1.165) is 23.1 Å². The largest absolute Gasteiger partial charge is 0.373 e. The Morgan fingerprint density at radius 3 is 2.59 bits per heavy atom. The summed E-state index contributed by atoms with van der Waals surface area (Å²) in [5, 5.41) is 0. The van der Waals surface area contributed by atoms with Crippen LogP contribution in [-0.4, -0.2) is 30.2 Å². The molecule has 0 aliphatic carbocycles. The zero-order chi connectivity index (χ0) is 12.4. The van der Waals surface area contributed by atoms with E-state index >= 15 is 0 Å². The van der Waals surface area contributed by atoms with Crippen molar-refractivity contribution < 1.29 is 9.13 Å². The molecule has 2 nitrogen and oxygen atoms in total. The molecule has 1 aromatic carbocycles. The molecule has 1 heterocycles. The maximum atomic E-state index is 13.7. The minimum Gasteiger partial charge on any atom is -0.373 e. The molecule has 2 rings (SSSR count). The molecule has 1 aliphatic rings. The summed E-state index contributed by atoms with van der Waals surface area (Å²) in [6.07, 6.45) is 0.439. The first-order chi connectivity index (χ1) is 8.04. The van der Waals surface area contributed by atoms with Crippen molar-refractivity contribution >= 4 is 15.9 Å². The first-order valence-electron chi connectivity index (χ1n) is 5.86. The van der Waals surface area contributed by atoms with E-state index in [-0.39, 0.29) is 18.0 Å². The number of morpholine rings is 1. The number of rotatable bonds is 2. The Kier molecular flexibility index (Phi) is 4.17. The van der Waals surface area contributed by atoms with Crippen LogP contribution in [0.25, 0.3) is 0 Å². The average Bonchev–Trinajstić information content (AvgIpc) is 2.21. The molecule has 1 fully saturated rings. The normalized spacial score (nSPS) is 26.1. The van der Waals surface area contributed by atoms with Crippen molar-refractivity contribution in [1.29, 1.82) is 0 Å². The number of halogens is 2. The van der Waals surface area contributed by atoms with E-state index in [1.165, 1.54) is 6.07 Å². The lowest BCUT2D eigenvalue weighted by Crippen LogP contribution is -2.44. The van der Waals surface area contributed by atoms with E-state index in [1.807, 2.05) is 12.1 Å². The highest BCUT2D eigenvalue weighted by molar-refractivity contribution is 9.10. The monoisotopic (exact) mass is 301 g/mol. The minimum absolute atomic E-state index is 0.147. The number of nitrogens with zero attached hydrogens (tertiary/aromatic N) is 1. The predicted molar refractivity (Wildman–Crippen MR) is 69.4 cm³/mol. The molecule has 0 spiro atoms. The summed E-state index contributed by atoms with van der Waals surface area (Å²) < 4.78 is 20.2. The zero-order valence-electron chi connectivity index (χ0n) is 10.1. The van der Waals surface area contributed by atoms with Crippen molar-refractivity contribution in [3.8, 4) is 0 Å². The summed E-state index contributed by atoms with van der Waals surface area (Å²) >= 11 is 3.27.